The molecule has 2 nitrogen and oxygen atoms in total. The summed E-state index contributed by atoms with van der Waals surface area (Å²) in [4.78, 5) is 0. The van der Waals surface area contributed by atoms with Crippen LogP contribution < -0.4 is 5.32 Å². The minimum atomic E-state index is -4.81. The van der Waals surface area contributed by atoms with E-state index in [0.29, 0.717) is 13.2 Å². The molecule has 112 valence electrons. The maximum absolute atomic E-state index is 12.6. The van der Waals surface area contributed by atoms with Gasteiger partial charge in [-0.15, -0.1) is 0 Å². The molecule has 1 fully saturated rings. The first kappa shape index (κ1) is 15.1. The fourth-order valence-electron chi connectivity index (χ4n) is 1.74. The average molecular weight is 299 g/mol. The van der Waals surface area contributed by atoms with E-state index in [1.807, 2.05) is 0 Å². The first-order valence-electron chi connectivity index (χ1n) is 5.76. The molecule has 0 bridgehead atoms. The summed E-state index contributed by atoms with van der Waals surface area (Å²) in [5.74, 6) is 0. The van der Waals surface area contributed by atoms with Crippen LogP contribution in [0.15, 0.2) is 18.2 Å². The van der Waals surface area contributed by atoms with Gasteiger partial charge in [0.05, 0.1) is 30.4 Å². The molecule has 1 aliphatic heterocycles. The van der Waals surface area contributed by atoms with Crippen molar-refractivity contribution in [2.75, 3.05) is 13.2 Å². The molecule has 0 aliphatic carbocycles. The molecule has 1 aromatic rings. The highest BCUT2D eigenvalue weighted by molar-refractivity contribution is 5.33. The Bertz CT molecular complexity index is 446. The van der Waals surface area contributed by atoms with E-state index in [-0.39, 0.29) is 24.2 Å². The molecule has 1 aliphatic rings. The summed E-state index contributed by atoms with van der Waals surface area (Å²) in [7, 11) is 0. The summed E-state index contributed by atoms with van der Waals surface area (Å²) in [6.45, 7) is 0.747. The molecule has 2 rings (SSSR count). The Morgan fingerprint density at radius 2 is 1.45 bits per heavy atom. The van der Waals surface area contributed by atoms with Crippen LogP contribution in [-0.4, -0.2) is 19.3 Å². The van der Waals surface area contributed by atoms with Crippen LogP contribution in [0.1, 0.15) is 16.7 Å². The third-order valence-corrected chi connectivity index (χ3v) is 2.88. The molecule has 0 radical (unpaired) electrons. The van der Waals surface area contributed by atoms with E-state index < -0.39 is 23.5 Å². The minimum Gasteiger partial charge on any atom is -0.378 e. The molecule has 1 aromatic carbocycles. The number of alkyl halides is 6. The van der Waals surface area contributed by atoms with Crippen molar-refractivity contribution < 1.29 is 31.1 Å². The number of halogens is 6. The lowest BCUT2D eigenvalue weighted by Crippen LogP contribution is -2.45. The highest BCUT2D eigenvalue weighted by Gasteiger charge is 2.36. The van der Waals surface area contributed by atoms with Gasteiger partial charge in [-0.2, -0.15) is 26.3 Å². The number of hydrogen-bond donors (Lipinski definition) is 1. The normalized spacial score (nSPS) is 17.1. The van der Waals surface area contributed by atoms with Crippen molar-refractivity contribution in [3.63, 3.8) is 0 Å². The highest BCUT2D eigenvalue weighted by Crippen LogP contribution is 2.36. The molecule has 8 heteroatoms. The van der Waals surface area contributed by atoms with Crippen molar-refractivity contribution in [1.29, 1.82) is 0 Å². The third kappa shape index (κ3) is 3.63. The zero-order chi connectivity index (χ0) is 15.0. The van der Waals surface area contributed by atoms with Gasteiger partial charge >= 0.3 is 12.4 Å². The smallest absolute Gasteiger partial charge is 0.378 e. The van der Waals surface area contributed by atoms with Crippen molar-refractivity contribution >= 4 is 0 Å². The molecule has 1 N–H and O–H groups in total. The van der Waals surface area contributed by atoms with Crippen LogP contribution in [0, 0.1) is 0 Å². The lowest BCUT2D eigenvalue weighted by molar-refractivity contribution is -0.143. The van der Waals surface area contributed by atoms with Crippen LogP contribution in [0.2, 0.25) is 0 Å². The van der Waals surface area contributed by atoms with Crippen molar-refractivity contribution in [1.82, 2.24) is 5.32 Å². The first-order valence-corrected chi connectivity index (χ1v) is 5.76. The number of hydrogen-bond acceptors (Lipinski definition) is 2. The number of nitrogens with one attached hydrogen (secondary N) is 1. The van der Waals surface area contributed by atoms with Crippen molar-refractivity contribution in [3.8, 4) is 0 Å². The lowest BCUT2D eigenvalue weighted by Gasteiger charge is -2.27. The SMILES string of the molecule is FC(F)(F)c1cc(CNC2COC2)cc(C(F)(F)F)c1. The Labute approximate surface area is 110 Å². The van der Waals surface area contributed by atoms with Crippen LogP contribution in [0.3, 0.4) is 0 Å². The first-order chi connectivity index (χ1) is 9.16. The van der Waals surface area contributed by atoms with Gasteiger partial charge in [-0.3, -0.25) is 0 Å². The topological polar surface area (TPSA) is 21.3 Å². The van der Waals surface area contributed by atoms with Crippen LogP contribution in [0.4, 0.5) is 26.3 Å². The van der Waals surface area contributed by atoms with Crippen LogP contribution in [0.5, 0.6) is 0 Å². The summed E-state index contributed by atoms with van der Waals surface area (Å²) in [5.41, 5.74) is -2.65. The Balaban J connectivity index is 2.25. The maximum Gasteiger partial charge on any atom is 0.416 e. The van der Waals surface area contributed by atoms with E-state index in [9.17, 15) is 26.3 Å². The largest absolute Gasteiger partial charge is 0.416 e. The second-order valence-electron chi connectivity index (χ2n) is 4.53. The Morgan fingerprint density at radius 3 is 1.80 bits per heavy atom. The van der Waals surface area contributed by atoms with Crippen molar-refractivity contribution in [3.05, 3.63) is 34.9 Å². The van der Waals surface area contributed by atoms with E-state index in [2.05, 4.69) is 5.32 Å². The molecule has 0 aromatic heterocycles. The molecule has 0 amide bonds. The van der Waals surface area contributed by atoms with Gasteiger partial charge in [-0.25, -0.2) is 0 Å². The minimum absolute atomic E-state index is 0.0288. The third-order valence-electron chi connectivity index (χ3n) is 2.88. The molecule has 0 spiro atoms. The Hall–Kier alpha value is -1.28. The fraction of sp³-hybridized carbons (Fsp3) is 0.500. The maximum atomic E-state index is 12.6. The fourth-order valence-corrected chi connectivity index (χ4v) is 1.74. The van der Waals surface area contributed by atoms with Crippen LogP contribution in [-0.2, 0) is 23.6 Å². The molecule has 0 saturated carbocycles. The summed E-state index contributed by atoms with van der Waals surface area (Å²) in [6, 6.07) is 1.54. The van der Waals surface area contributed by atoms with E-state index >= 15 is 0 Å². The molecular weight excluding hydrogens is 288 g/mol. The number of benzene rings is 1. The zero-order valence-corrected chi connectivity index (χ0v) is 10.1. The van der Waals surface area contributed by atoms with E-state index in [1.165, 1.54) is 0 Å². The number of ether oxygens (including phenoxy) is 1. The molecule has 0 atom stereocenters. The Kier molecular flexibility index (Phi) is 3.97. The molecule has 1 saturated heterocycles. The summed E-state index contributed by atoms with van der Waals surface area (Å²) in [6.07, 6.45) is -9.62. The van der Waals surface area contributed by atoms with Gasteiger partial charge in [-0.05, 0) is 23.8 Å². The second kappa shape index (κ2) is 5.25. The Morgan fingerprint density at radius 1 is 0.950 bits per heavy atom. The molecule has 0 unspecified atom stereocenters. The van der Waals surface area contributed by atoms with Gasteiger partial charge in [0, 0.05) is 6.54 Å². The van der Waals surface area contributed by atoms with Gasteiger partial charge in [-0.1, -0.05) is 0 Å². The van der Waals surface area contributed by atoms with Crippen LogP contribution >= 0.6 is 0 Å². The predicted molar refractivity (Wildman–Crippen MR) is 57.9 cm³/mol. The van der Waals surface area contributed by atoms with Gasteiger partial charge in [0.25, 0.3) is 0 Å². The predicted octanol–water partition coefficient (Wildman–Crippen LogP) is 3.21. The van der Waals surface area contributed by atoms with Gasteiger partial charge < -0.3 is 10.1 Å². The second-order valence-corrected chi connectivity index (χ2v) is 4.53. The van der Waals surface area contributed by atoms with Crippen LogP contribution in [0.25, 0.3) is 0 Å². The highest BCUT2D eigenvalue weighted by atomic mass is 19.4. The van der Waals surface area contributed by atoms with Gasteiger partial charge in [0.15, 0.2) is 0 Å². The van der Waals surface area contributed by atoms with Gasteiger partial charge in [0.2, 0.25) is 0 Å². The van der Waals surface area contributed by atoms with E-state index in [0.717, 1.165) is 12.1 Å². The van der Waals surface area contributed by atoms with Gasteiger partial charge in [0.1, 0.15) is 0 Å². The lowest BCUT2D eigenvalue weighted by atomic mass is 10.0. The molecule has 20 heavy (non-hydrogen) atoms. The summed E-state index contributed by atoms with van der Waals surface area (Å²) < 4.78 is 80.5. The monoisotopic (exact) mass is 299 g/mol. The van der Waals surface area contributed by atoms with E-state index in [4.69, 9.17) is 4.74 Å². The van der Waals surface area contributed by atoms with E-state index in [1.54, 1.807) is 0 Å². The molecular formula is C12H11F6NO. The standard InChI is InChI=1S/C12H11F6NO/c13-11(14,15)8-1-7(4-19-10-5-20-6-10)2-9(3-8)12(16,17)18/h1-3,10,19H,4-6H2. The van der Waals surface area contributed by atoms with Crippen molar-refractivity contribution in [2.45, 2.75) is 24.9 Å². The quantitative estimate of drug-likeness (QED) is 0.865. The average Bonchev–Trinajstić information content (AvgIpc) is 2.24. The number of rotatable bonds is 3. The van der Waals surface area contributed by atoms with Crippen molar-refractivity contribution in [2.24, 2.45) is 0 Å². The summed E-state index contributed by atoms with van der Waals surface area (Å²) >= 11 is 0. The molecule has 1 heterocycles. The summed E-state index contributed by atoms with van der Waals surface area (Å²) in [5, 5.41) is 2.83. The zero-order valence-electron chi connectivity index (χ0n) is 10.1.